The van der Waals surface area contributed by atoms with Crippen molar-refractivity contribution in [1.82, 2.24) is 4.98 Å². The molecule has 2 rings (SSSR count). The minimum atomic E-state index is 0.403. The lowest BCUT2D eigenvalue weighted by Crippen LogP contribution is -2.00. The molecule has 0 atom stereocenters. The molecule has 0 bridgehead atoms. The number of hydrogen-bond donors (Lipinski definition) is 0. The van der Waals surface area contributed by atoms with E-state index in [1.807, 2.05) is 30.3 Å². The molecule has 2 aromatic rings. The van der Waals surface area contributed by atoms with E-state index in [2.05, 4.69) is 16.2 Å². The van der Waals surface area contributed by atoms with Crippen molar-refractivity contribution in [1.29, 1.82) is 5.26 Å². The van der Waals surface area contributed by atoms with Crippen LogP contribution < -0.4 is 0 Å². The van der Waals surface area contributed by atoms with Gasteiger partial charge in [0, 0.05) is 18.0 Å². The number of nitrogens with zero attached hydrogens (tertiary/aromatic N) is 3. The van der Waals surface area contributed by atoms with Crippen LogP contribution in [0.5, 0.6) is 0 Å². The van der Waals surface area contributed by atoms with Crippen molar-refractivity contribution in [2.45, 2.75) is 13.5 Å². The minimum Gasteiger partial charge on any atom is -0.391 e. The van der Waals surface area contributed by atoms with Gasteiger partial charge in [-0.3, -0.25) is 4.98 Å². The van der Waals surface area contributed by atoms with Crippen LogP contribution in [-0.4, -0.2) is 10.7 Å². The fourth-order valence-corrected chi connectivity index (χ4v) is 1.61. The molecule has 0 N–H and O–H groups in total. The Morgan fingerprint density at radius 2 is 2.11 bits per heavy atom. The molecular formula is C15H13N3O. The van der Waals surface area contributed by atoms with Gasteiger partial charge in [-0.2, -0.15) is 5.26 Å². The summed E-state index contributed by atoms with van der Waals surface area (Å²) in [4.78, 5) is 9.28. The van der Waals surface area contributed by atoms with E-state index >= 15 is 0 Å². The van der Waals surface area contributed by atoms with Gasteiger partial charge in [0.15, 0.2) is 0 Å². The van der Waals surface area contributed by atoms with E-state index in [4.69, 9.17) is 10.1 Å². The maximum absolute atomic E-state index is 9.00. The lowest BCUT2D eigenvalue weighted by Gasteiger charge is -2.03. The van der Waals surface area contributed by atoms with Crippen molar-refractivity contribution in [3.63, 3.8) is 0 Å². The van der Waals surface area contributed by atoms with Crippen LogP contribution in [0.4, 0.5) is 0 Å². The summed E-state index contributed by atoms with van der Waals surface area (Å²) in [5, 5.41) is 13.0. The fraction of sp³-hybridized carbons (Fsp3) is 0.133. The molecule has 19 heavy (non-hydrogen) atoms. The number of hydrogen-bond acceptors (Lipinski definition) is 4. The van der Waals surface area contributed by atoms with Crippen molar-refractivity contribution in [3.05, 3.63) is 65.5 Å². The molecule has 0 spiro atoms. The third-order valence-electron chi connectivity index (χ3n) is 2.61. The van der Waals surface area contributed by atoms with Gasteiger partial charge in [-0.1, -0.05) is 35.5 Å². The molecule has 0 unspecified atom stereocenters. The Hall–Kier alpha value is -2.67. The molecule has 4 heteroatoms. The Kier molecular flexibility index (Phi) is 4.25. The first-order valence-corrected chi connectivity index (χ1v) is 5.86. The maximum atomic E-state index is 9.00. The number of nitriles is 1. The molecule has 0 saturated heterocycles. The molecule has 1 heterocycles. The second-order valence-corrected chi connectivity index (χ2v) is 3.97. The molecule has 0 aliphatic carbocycles. The van der Waals surface area contributed by atoms with Gasteiger partial charge in [0.05, 0.1) is 17.3 Å². The Morgan fingerprint density at radius 1 is 1.32 bits per heavy atom. The number of aromatic nitrogens is 1. The highest BCUT2D eigenvalue weighted by Crippen LogP contribution is 2.08. The van der Waals surface area contributed by atoms with E-state index in [0.717, 1.165) is 5.56 Å². The van der Waals surface area contributed by atoms with Gasteiger partial charge < -0.3 is 4.84 Å². The zero-order valence-electron chi connectivity index (χ0n) is 10.6. The van der Waals surface area contributed by atoms with Crippen molar-refractivity contribution >= 4 is 5.71 Å². The van der Waals surface area contributed by atoms with Gasteiger partial charge in [-0.15, -0.1) is 0 Å². The van der Waals surface area contributed by atoms with Gasteiger partial charge in [0.25, 0.3) is 0 Å². The van der Waals surface area contributed by atoms with Gasteiger partial charge in [-0.05, 0) is 18.6 Å². The average molecular weight is 251 g/mol. The predicted octanol–water partition coefficient (Wildman–Crippen LogP) is 2.89. The molecule has 0 amide bonds. The highest BCUT2D eigenvalue weighted by atomic mass is 16.6. The minimum absolute atomic E-state index is 0.403. The first kappa shape index (κ1) is 12.8. The first-order chi connectivity index (χ1) is 9.31. The lowest BCUT2D eigenvalue weighted by molar-refractivity contribution is 0.130. The van der Waals surface area contributed by atoms with E-state index < -0.39 is 0 Å². The highest BCUT2D eigenvalue weighted by Gasteiger charge is 2.05. The van der Waals surface area contributed by atoms with E-state index in [9.17, 15) is 0 Å². The fourth-order valence-electron chi connectivity index (χ4n) is 1.61. The normalized spacial score (nSPS) is 10.8. The van der Waals surface area contributed by atoms with Crippen LogP contribution in [-0.2, 0) is 11.4 Å². The molecule has 0 saturated carbocycles. The molecule has 1 aromatic carbocycles. The standard InChI is InChI=1S/C15H13N3O/c1-12(15-10-17-8-7-14(15)9-16)18-19-11-13-5-3-2-4-6-13/h2-8,10H,11H2,1H3/b18-12+. The third kappa shape index (κ3) is 3.39. The van der Waals surface area contributed by atoms with Crippen LogP contribution in [0.3, 0.4) is 0 Å². The maximum Gasteiger partial charge on any atom is 0.142 e. The molecule has 94 valence electrons. The van der Waals surface area contributed by atoms with Crippen molar-refractivity contribution < 1.29 is 4.84 Å². The zero-order chi connectivity index (χ0) is 13.5. The number of pyridine rings is 1. The van der Waals surface area contributed by atoms with Crippen LogP contribution in [0, 0.1) is 11.3 Å². The largest absolute Gasteiger partial charge is 0.391 e. The highest BCUT2D eigenvalue weighted by molar-refractivity contribution is 6.00. The van der Waals surface area contributed by atoms with Crippen LogP contribution in [0.25, 0.3) is 0 Å². The van der Waals surface area contributed by atoms with Gasteiger partial charge in [-0.25, -0.2) is 0 Å². The summed E-state index contributed by atoms with van der Waals surface area (Å²) in [6.45, 7) is 2.20. The molecule has 0 radical (unpaired) electrons. The van der Waals surface area contributed by atoms with Gasteiger partial charge in [0.1, 0.15) is 6.61 Å². The lowest BCUT2D eigenvalue weighted by atomic mass is 10.1. The first-order valence-electron chi connectivity index (χ1n) is 5.86. The van der Waals surface area contributed by atoms with E-state index in [-0.39, 0.29) is 0 Å². The zero-order valence-corrected chi connectivity index (χ0v) is 10.6. The summed E-state index contributed by atoms with van der Waals surface area (Å²) in [7, 11) is 0. The van der Waals surface area contributed by atoms with E-state index in [0.29, 0.717) is 23.4 Å². The Labute approximate surface area is 112 Å². The van der Waals surface area contributed by atoms with Gasteiger partial charge in [0.2, 0.25) is 0 Å². The molecule has 0 fully saturated rings. The van der Waals surface area contributed by atoms with Crippen LogP contribution in [0.1, 0.15) is 23.6 Å². The number of oxime groups is 1. The average Bonchev–Trinajstić information content (AvgIpc) is 2.48. The summed E-state index contributed by atoms with van der Waals surface area (Å²) in [5.41, 5.74) is 2.92. The number of rotatable bonds is 4. The summed E-state index contributed by atoms with van der Waals surface area (Å²) in [5.74, 6) is 0. The molecule has 0 aliphatic heterocycles. The molecular weight excluding hydrogens is 238 g/mol. The van der Waals surface area contributed by atoms with Crippen molar-refractivity contribution in [3.8, 4) is 6.07 Å². The molecule has 1 aromatic heterocycles. The van der Waals surface area contributed by atoms with Crippen LogP contribution in [0.2, 0.25) is 0 Å². The monoisotopic (exact) mass is 251 g/mol. The Bertz CT molecular complexity index is 615. The quantitative estimate of drug-likeness (QED) is 0.620. The van der Waals surface area contributed by atoms with Crippen molar-refractivity contribution in [2.24, 2.45) is 5.16 Å². The van der Waals surface area contributed by atoms with Crippen LogP contribution in [0.15, 0.2) is 53.9 Å². The second kappa shape index (κ2) is 6.31. The van der Waals surface area contributed by atoms with Crippen LogP contribution >= 0.6 is 0 Å². The SMILES string of the molecule is C/C(=N\OCc1ccccc1)c1cnccc1C#N. The summed E-state index contributed by atoms with van der Waals surface area (Å²) in [6, 6.07) is 13.6. The van der Waals surface area contributed by atoms with E-state index in [1.165, 1.54) is 0 Å². The van der Waals surface area contributed by atoms with Crippen molar-refractivity contribution in [2.75, 3.05) is 0 Å². The molecule has 4 nitrogen and oxygen atoms in total. The Balaban J connectivity index is 2.06. The predicted molar refractivity (Wildman–Crippen MR) is 72.4 cm³/mol. The number of benzene rings is 1. The summed E-state index contributed by atoms with van der Waals surface area (Å²) in [6.07, 6.45) is 3.20. The second-order valence-electron chi connectivity index (χ2n) is 3.97. The summed E-state index contributed by atoms with van der Waals surface area (Å²) < 4.78 is 0. The van der Waals surface area contributed by atoms with Gasteiger partial charge >= 0.3 is 0 Å². The van der Waals surface area contributed by atoms with E-state index in [1.54, 1.807) is 25.4 Å². The third-order valence-corrected chi connectivity index (χ3v) is 2.61. The smallest absolute Gasteiger partial charge is 0.142 e. The molecule has 0 aliphatic rings. The topological polar surface area (TPSA) is 58.3 Å². The Morgan fingerprint density at radius 3 is 2.84 bits per heavy atom. The summed E-state index contributed by atoms with van der Waals surface area (Å²) >= 11 is 0.